The molecule has 7 heteroatoms. The molecule has 1 aliphatic heterocycles. The molecule has 0 saturated carbocycles. The summed E-state index contributed by atoms with van der Waals surface area (Å²) in [6.07, 6.45) is 3.38. The standard InChI is InChI=1S/C15H19N3O3S/c1-20-9-13-16-15(21-17-13)12-4-2-3-6-18(12)14(19)8-11-5-7-22-10-11/h5,7,10,12H,2-4,6,8-9H2,1H3/t12-/m1/s1. The van der Waals surface area contributed by atoms with Crippen molar-refractivity contribution in [2.45, 2.75) is 38.3 Å². The van der Waals surface area contributed by atoms with E-state index in [4.69, 9.17) is 9.26 Å². The van der Waals surface area contributed by atoms with E-state index in [-0.39, 0.29) is 11.9 Å². The Labute approximate surface area is 133 Å². The fourth-order valence-corrected chi connectivity index (χ4v) is 3.42. The van der Waals surface area contributed by atoms with Gasteiger partial charge >= 0.3 is 0 Å². The average molecular weight is 321 g/mol. The maximum atomic E-state index is 12.6. The number of hydrogen-bond acceptors (Lipinski definition) is 6. The lowest BCUT2D eigenvalue weighted by atomic mass is 10.0. The van der Waals surface area contributed by atoms with Gasteiger partial charge in [-0.2, -0.15) is 16.3 Å². The number of methoxy groups -OCH3 is 1. The Morgan fingerprint density at radius 3 is 3.23 bits per heavy atom. The Hall–Kier alpha value is -1.73. The van der Waals surface area contributed by atoms with Gasteiger partial charge in [0.15, 0.2) is 5.82 Å². The summed E-state index contributed by atoms with van der Waals surface area (Å²) in [6.45, 7) is 1.06. The second kappa shape index (κ2) is 7.02. The zero-order valence-corrected chi connectivity index (χ0v) is 13.3. The van der Waals surface area contributed by atoms with Crippen molar-refractivity contribution in [1.29, 1.82) is 0 Å². The minimum absolute atomic E-state index is 0.113. The van der Waals surface area contributed by atoms with Crippen LogP contribution in [0.4, 0.5) is 0 Å². The van der Waals surface area contributed by atoms with Crippen LogP contribution in [0.15, 0.2) is 21.3 Å². The molecule has 1 fully saturated rings. The first-order valence-electron chi connectivity index (χ1n) is 7.40. The van der Waals surface area contributed by atoms with E-state index in [1.807, 2.05) is 21.7 Å². The molecular weight excluding hydrogens is 302 g/mol. The van der Waals surface area contributed by atoms with Gasteiger partial charge < -0.3 is 14.2 Å². The van der Waals surface area contributed by atoms with Crippen molar-refractivity contribution in [3.05, 3.63) is 34.1 Å². The number of nitrogens with zero attached hydrogens (tertiary/aromatic N) is 3. The van der Waals surface area contributed by atoms with Crippen LogP contribution in [0.2, 0.25) is 0 Å². The molecule has 1 atom stereocenters. The number of aromatic nitrogens is 2. The largest absolute Gasteiger partial charge is 0.377 e. The molecule has 0 spiro atoms. The average Bonchev–Trinajstić information content (AvgIpc) is 3.19. The highest BCUT2D eigenvalue weighted by Gasteiger charge is 2.32. The highest BCUT2D eigenvalue weighted by Crippen LogP contribution is 2.30. The molecule has 6 nitrogen and oxygen atoms in total. The van der Waals surface area contributed by atoms with Gasteiger partial charge in [0.05, 0.1) is 6.42 Å². The summed E-state index contributed by atoms with van der Waals surface area (Å²) in [5.41, 5.74) is 1.06. The molecule has 2 aromatic rings. The lowest BCUT2D eigenvalue weighted by Crippen LogP contribution is -2.39. The minimum Gasteiger partial charge on any atom is -0.377 e. The molecule has 0 unspecified atom stereocenters. The second-order valence-corrected chi connectivity index (χ2v) is 6.17. The number of thiophene rings is 1. The number of carbonyl (C=O) groups is 1. The van der Waals surface area contributed by atoms with Gasteiger partial charge in [0.2, 0.25) is 11.8 Å². The van der Waals surface area contributed by atoms with Crippen LogP contribution < -0.4 is 0 Å². The van der Waals surface area contributed by atoms with Crippen molar-refractivity contribution in [3.8, 4) is 0 Å². The number of likely N-dealkylation sites (tertiary alicyclic amines) is 1. The van der Waals surface area contributed by atoms with Crippen LogP contribution in [0.1, 0.15) is 42.6 Å². The molecule has 0 N–H and O–H groups in total. The molecule has 0 aliphatic carbocycles. The first-order valence-corrected chi connectivity index (χ1v) is 8.34. The molecule has 0 aromatic carbocycles. The van der Waals surface area contributed by atoms with Crippen LogP contribution in [-0.4, -0.2) is 34.6 Å². The van der Waals surface area contributed by atoms with E-state index in [0.717, 1.165) is 31.4 Å². The zero-order valence-electron chi connectivity index (χ0n) is 12.5. The van der Waals surface area contributed by atoms with Gasteiger partial charge in [-0.25, -0.2) is 0 Å². The third kappa shape index (κ3) is 3.36. The Balaban J connectivity index is 1.73. The summed E-state index contributed by atoms with van der Waals surface area (Å²) in [7, 11) is 1.59. The van der Waals surface area contributed by atoms with E-state index in [1.54, 1.807) is 18.4 Å². The summed E-state index contributed by atoms with van der Waals surface area (Å²) in [4.78, 5) is 18.8. The van der Waals surface area contributed by atoms with Gasteiger partial charge in [-0.1, -0.05) is 5.16 Å². The predicted molar refractivity (Wildman–Crippen MR) is 81.3 cm³/mol. The van der Waals surface area contributed by atoms with Gasteiger partial charge in [-0.05, 0) is 41.7 Å². The Morgan fingerprint density at radius 2 is 2.45 bits per heavy atom. The summed E-state index contributed by atoms with van der Waals surface area (Å²) >= 11 is 1.61. The highest BCUT2D eigenvalue weighted by molar-refractivity contribution is 7.07. The van der Waals surface area contributed by atoms with Crippen molar-refractivity contribution in [2.24, 2.45) is 0 Å². The summed E-state index contributed by atoms with van der Waals surface area (Å²) in [5, 5.41) is 7.91. The maximum Gasteiger partial charge on any atom is 0.249 e. The summed E-state index contributed by atoms with van der Waals surface area (Å²) < 4.78 is 10.3. The highest BCUT2D eigenvalue weighted by atomic mass is 32.1. The lowest BCUT2D eigenvalue weighted by molar-refractivity contribution is -0.135. The molecule has 1 aliphatic rings. The smallest absolute Gasteiger partial charge is 0.249 e. The summed E-state index contributed by atoms with van der Waals surface area (Å²) in [6, 6.07) is 1.88. The number of piperidine rings is 1. The van der Waals surface area contributed by atoms with Gasteiger partial charge in [-0.15, -0.1) is 0 Å². The SMILES string of the molecule is COCc1noc([C@H]2CCCCN2C(=O)Cc2ccsc2)n1. The van der Waals surface area contributed by atoms with Gasteiger partial charge in [0, 0.05) is 13.7 Å². The number of rotatable bonds is 5. The quantitative estimate of drug-likeness (QED) is 0.846. The Kier molecular flexibility index (Phi) is 4.84. The first-order chi connectivity index (χ1) is 10.8. The molecule has 1 amide bonds. The predicted octanol–water partition coefficient (Wildman–Crippen LogP) is 2.57. The van der Waals surface area contributed by atoms with Crippen molar-refractivity contribution >= 4 is 17.2 Å². The van der Waals surface area contributed by atoms with Crippen molar-refractivity contribution in [3.63, 3.8) is 0 Å². The Morgan fingerprint density at radius 1 is 1.55 bits per heavy atom. The molecule has 1 saturated heterocycles. The van der Waals surface area contributed by atoms with Crippen molar-refractivity contribution in [1.82, 2.24) is 15.0 Å². The van der Waals surface area contributed by atoms with E-state index < -0.39 is 0 Å². The molecule has 2 aromatic heterocycles. The van der Waals surface area contributed by atoms with Gasteiger partial charge in [0.25, 0.3) is 0 Å². The Bertz CT molecular complexity index is 611. The van der Waals surface area contributed by atoms with Gasteiger partial charge in [0.1, 0.15) is 12.6 Å². The first kappa shape index (κ1) is 15.2. The molecule has 118 valence electrons. The minimum atomic E-state index is -0.113. The van der Waals surface area contributed by atoms with Crippen LogP contribution in [-0.2, 0) is 22.6 Å². The molecule has 3 rings (SSSR count). The molecular formula is C15H19N3O3S. The lowest BCUT2D eigenvalue weighted by Gasteiger charge is -2.33. The van der Waals surface area contributed by atoms with Crippen LogP contribution in [0, 0.1) is 0 Å². The number of ether oxygens (including phenoxy) is 1. The topological polar surface area (TPSA) is 68.5 Å². The summed E-state index contributed by atoms with van der Waals surface area (Å²) in [5.74, 6) is 1.16. The third-order valence-electron chi connectivity index (χ3n) is 3.80. The van der Waals surface area contributed by atoms with Crippen LogP contribution >= 0.6 is 11.3 Å². The van der Waals surface area contributed by atoms with E-state index in [0.29, 0.717) is 24.7 Å². The fourth-order valence-electron chi connectivity index (χ4n) is 2.75. The van der Waals surface area contributed by atoms with E-state index >= 15 is 0 Å². The number of hydrogen-bond donors (Lipinski definition) is 0. The normalized spacial score (nSPS) is 18.6. The van der Waals surface area contributed by atoms with Crippen molar-refractivity contribution in [2.75, 3.05) is 13.7 Å². The van der Waals surface area contributed by atoms with Crippen LogP contribution in [0.3, 0.4) is 0 Å². The fraction of sp³-hybridized carbons (Fsp3) is 0.533. The third-order valence-corrected chi connectivity index (χ3v) is 4.53. The molecule has 22 heavy (non-hydrogen) atoms. The second-order valence-electron chi connectivity index (χ2n) is 5.39. The van der Waals surface area contributed by atoms with Crippen LogP contribution in [0.25, 0.3) is 0 Å². The number of amides is 1. The maximum absolute atomic E-state index is 12.6. The van der Waals surface area contributed by atoms with E-state index in [9.17, 15) is 4.79 Å². The monoisotopic (exact) mass is 321 g/mol. The molecule has 0 bridgehead atoms. The van der Waals surface area contributed by atoms with E-state index in [2.05, 4.69) is 10.1 Å². The molecule has 3 heterocycles. The van der Waals surface area contributed by atoms with Crippen LogP contribution in [0.5, 0.6) is 0 Å². The van der Waals surface area contributed by atoms with Gasteiger partial charge in [-0.3, -0.25) is 4.79 Å². The van der Waals surface area contributed by atoms with E-state index in [1.165, 1.54) is 0 Å². The zero-order chi connectivity index (χ0) is 15.4. The van der Waals surface area contributed by atoms with Crippen molar-refractivity contribution < 1.29 is 14.1 Å². The molecule has 0 radical (unpaired) electrons. The number of carbonyl (C=O) groups excluding carboxylic acids is 1.